The number of unbranched alkanes of at least 4 members (excludes halogenated alkanes) is 3. The first-order valence-corrected chi connectivity index (χ1v) is 13.1. The molecule has 3 amide bonds. The van der Waals surface area contributed by atoms with Crippen LogP contribution in [-0.4, -0.2) is 46.0 Å². The molecule has 178 valence electrons. The number of imide groups is 1. The van der Waals surface area contributed by atoms with Gasteiger partial charge in [0.2, 0.25) is 17.7 Å². The molecule has 4 rings (SSSR count). The molecule has 0 bridgehead atoms. The number of carbonyl (C=O) groups excluding carboxylic acids is 3. The number of likely N-dealkylation sites (tertiary alicyclic amines) is 1. The first-order chi connectivity index (χ1) is 16.0. The lowest BCUT2D eigenvalue weighted by Crippen LogP contribution is -2.41. The van der Waals surface area contributed by atoms with Crippen LogP contribution in [0.15, 0.2) is 29.4 Å². The highest BCUT2D eigenvalue weighted by molar-refractivity contribution is 7.99. The van der Waals surface area contributed by atoms with E-state index in [0.717, 1.165) is 68.1 Å². The van der Waals surface area contributed by atoms with Gasteiger partial charge in [-0.3, -0.25) is 19.7 Å². The maximum absolute atomic E-state index is 14.6. The van der Waals surface area contributed by atoms with Crippen LogP contribution in [0.3, 0.4) is 0 Å². The topological polar surface area (TPSA) is 71.4 Å². The van der Waals surface area contributed by atoms with E-state index in [-0.39, 0.29) is 17.6 Å². The monoisotopic (exact) mass is 473 g/mol. The van der Waals surface area contributed by atoms with E-state index in [0.29, 0.717) is 30.1 Å². The lowest BCUT2D eigenvalue weighted by Gasteiger charge is -2.26. The van der Waals surface area contributed by atoms with Crippen LogP contribution in [0.2, 0.25) is 0 Å². The number of hydrogen-bond acceptors (Lipinski definition) is 4. The van der Waals surface area contributed by atoms with Crippen molar-refractivity contribution in [2.24, 2.45) is 0 Å². The highest BCUT2D eigenvalue weighted by atomic mass is 32.2. The molecule has 1 aromatic carbocycles. The molecule has 3 heterocycles. The Balaban J connectivity index is 1.25. The number of rotatable bonds is 9. The lowest BCUT2D eigenvalue weighted by atomic mass is 10.1. The first-order valence-electron chi connectivity index (χ1n) is 12.1. The van der Waals surface area contributed by atoms with Crippen LogP contribution in [0.1, 0.15) is 70.3 Å². The molecular weight excluding hydrogens is 441 g/mol. The summed E-state index contributed by atoms with van der Waals surface area (Å²) in [6, 6.07) is 2.77. The van der Waals surface area contributed by atoms with Gasteiger partial charge in [0.05, 0.1) is 4.90 Å². The summed E-state index contributed by atoms with van der Waals surface area (Å²) in [4.78, 5) is 38.5. The molecule has 0 saturated carbocycles. The van der Waals surface area contributed by atoms with Crippen LogP contribution in [0, 0.1) is 5.82 Å². The van der Waals surface area contributed by atoms with Gasteiger partial charge in [-0.15, -0.1) is 11.8 Å². The second-order valence-corrected chi connectivity index (χ2v) is 10.1. The van der Waals surface area contributed by atoms with E-state index in [2.05, 4.69) is 5.32 Å². The number of fused-ring (bicyclic) bond motifs is 1. The Morgan fingerprint density at radius 2 is 1.85 bits per heavy atom. The molecule has 1 unspecified atom stereocenters. The zero-order chi connectivity index (χ0) is 23.2. The largest absolute Gasteiger partial charge is 0.343 e. The fraction of sp³-hybridized carbons (Fsp3) is 0.560. The Hall–Kier alpha value is -2.35. The molecule has 0 spiro atoms. The minimum Gasteiger partial charge on any atom is -0.343 e. The van der Waals surface area contributed by atoms with Gasteiger partial charge in [0.1, 0.15) is 11.9 Å². The second kappa shape index (κ2) is 11.2. The number of hydrogen-bond donors (Lipinski definition) is 1. The van der Waals surface area contributed by atoms with E-state index < -0.39 is 6.04 Å². The van der Waals surface area contributed by atoms with Gasteiger partial charge in [-0.05, 0) is 56.4 Å². The number of benzene rings is 1. The zero-order valence-electron chi connectivity index (χ0n) is 19.0. The van der Waals surface area contributed by atoms with Crippen molar-refractivity contribution in [2.45, 2.75) is 75.1 Å². The summed E-state index contributed by atoms with van der Waals surface area (Å²) < 4.78 is 16.4. The molecule has 8 heteroatoms. The number of aromatic nitrogens is 1. The number of nitrogens with zero attached hydrogens (tertiary/aromatic N) is 2. The summed E-state index contributed by atoms with van der Waals surface area (Å²) >= 11 is 1.51. The lowest BCUT2D eigenvalue weighted by molar-refractivity contribution is -0.136. The van der Waals surface area contributed by atoms with Gasteiger partial charge >= 0.3 is 0 Å². The van der Waals surface area contributed by atoms with Crippen molar-refractivity contribution < 1.29 is 18.8 Å². The Kier molecular flexibility index (Phi) is 8.06. The highest BCUT2D eigenvalue weighted by Gasteiger charge is 2.28. The normalized spacial score (nSPS) is 19.2. The Labute approximate surface area is 198 Å². The van der Waals surface area contributed by atoms with E-state index in [9.17, 15) is 18.8 Å². The van der Waals surface area contributed by atoms with Crippen molar-refractivity contribution in [1.29, 1.82) is 0 Å². The molecule has 6 nitrogen and oxygen atoms in total. The van der Waals surface area contributed by atoms with E-state index in [1.807, 2.05) is 17.3 Å². The van der Waals surface area contributed by atoms with Gasteiger partial charge in [0.15, 0.2) is 0 Å². The molecule has 33 heavy (non-hydrogen) atoms. The van der Waals surface area contributed by atoms with Crippen molar-refractivity contribution in [3.05, 3.63) is 30.3 Å². The molecule has 0 radical (unpaired) electrons. The smallest absolute Gasteiger partial charge is 0.249 e. The average molecular weight is 474 g/mol. The van der Waals surface area contributed by atoms with E-state index in [1.54, 1.807) is 10.6 Å². The quantitative estimate of drug-likeness (QED) is 0.322. The van der Waals surface area contributed by atoms with E-state index in [1.165, 1.54) is 24.2 Å². The molecule has 2 saturated heterocycles. The Morgan fingerprint density at radius 1 is 1.06 bits per heavy atom. The third kappa shape index (κ3) is 5.96. The molecule has 0 aliphatic carbocycles. The van der Waals surface area contributed by atoms with E-state index >= 15 is 0 Å². The summed E-state index contributed by atoms with van der Waals surface area (Å²) in [5, 5.41) is 4.07. The Bertz CT molecular complexity index is 1020. The van der Waals surface area contributed by atoms with E-state index in [4.69, 9.17) is 0 Å². The number of piperidine rings is 2. The highest BCUT2D eigenvalue weighted by Crippen LogP contribution is 2.34. The number of halogens is 1. The van der Waals surface area contributed by atoms with Crippen LogP contribution in [0.4, 0.5) is 4.39 Å². The summed E-state index contributed by atoms with van der Waals surface area (Å²) in [5.41, 5.74) is 0. The summed E-state index contributed by atoms with van der Waals surface area (Å²) in [7, 11) is 0. The number of thioether (sulfide) groups is 1. The van der Waals surface area contributed by atoms with Crippen LogP contribution < -0.4 is 5.32 Å². The summed E-state index contributed by atoms with van der Waals surface area (Å²) in [6.45, 7) is 1.83. The van der Waals surface area contributed by atoms with Gasteiger partial charge in [-0.1, -0.05) is 12.8 Å². The van der Waals surface area contributed by atoms with Crippen LogP contribution in [0.25, 0.3) is 10.8 Å². The maximum Gasteiger partial charge on any atom is 0.249 e. The number of carbonyl (C=O) groups is 3. The summed E-state index contributed by atoms with van der Waals surface area (Å²) in [5.74, 6) is 0.296. The molecule has 2 aliphatic rings. The standard InChI is InChI=1S/C25H32FN3O3S/c26-20-10-9-18-16-29(21-11-12-22(30)27-25(21)32)17-19(18)24(20)33-15-7-2-1-4-8-23(31)28-13-5-3-6-14-28/h9-10,16-17,21H,1-8,11-15H2,(H,27,30,32). The molecular formula is C25H32FN3O3S. The van der Waals surface area contributed by atoms with Gasteiger partial charge in [-0.25, -0.2) is 4.39 Å². The maximum atomic E-state index is 14.6. The molecule has 1 atom stereocenters. The SMILES string of the molecule is O=C1CCC(n2cc3ccc(F)c(SCCCCCCC(=O)N4CCCCC4)c3c2)C(=O)N1. The van der Waals surface area contributed by atoms with Crippen molar-refractivity contribution in [2.75, 3.05) is 18.8 Å². The number of nitrogens with one attached hydrogen (secondary N) is 1. The first kappa shape index (κ1) is 23.8. The zero-order valence-corrected chi connectivity index (χ0v) is 19.8. The minimum atomic E-state index is -0.441. The van der Waals surface area contributed by atoms with Crippen LogP contribution in [-0.2, 0) is 14.4 Å². The molecule has 2 fully saturated rings. The fourth-order valence-corrected chi connectivity index (χ4v) is 5.77. The van der Waals surface area contributed by atoms with Gasteiger partial charge < -0.3 is 9.47 Å². The molecule has 2 aromatic rings. The predicted molar refractivity (Wildman–Crippen MR) is 128 cm³/mol. The fourth-order valence-electron chi connectivity index (χ4n) is 4.68. The molecule has 1 N–H and O–H groups in total. The van der Waals surface area contributed by atoms with Crippen molar-refractivity contribution in [3.63, 3.8) is 0 Å². The minimum absolute atomic E-state index is 0.244. The van der Waals surface area contributed by atoms with Crippen molar-refractivity contribution >= 4 is 40.3 Å². The second-order valence-electron chi connectivity index (χ2n) is 9.01. The third-order valence-electron chi connectivity index (χ3n) is 6.56. The Morgan fingerprint density at radius 3 is 2.64 bits per heavy atom. The molecule has 2 aliphatic heterocycles. The third-order valence-corrected chi connectivity index (χ3v) is 7.75. The van der Waals surface area contributed by atoms with Crippen LogP contribution in [0.5, 0.6) is 0 Å². The van der Waals surface area contributed by atoms with Crippen molar-refractivity contribution in [3.8, 4) is 0 Å². The predicted octanol–water partition coefficient (Wildman–Crippen LogP) is 4.81. The van der Waals surface area contributed by atoms with Crippen LogP contribution >= 0.6 is 11.8 Å². The summed E-state index contributed by atoms with van der Waals surface area (Å²) in [6.07, 6.45) is 12.5. The van der Waals surface area contributed by atoms with Crippen molar-refractivity contribution in [1.82, 2.24) is 14.8 Å². The average Bonchev–Trinajstić information content (AvgIpc) is 3.24. The number of amides is 3. The van der Waals surface area contributed by atoms with Gasteiger partial charge in [0, 0.05) is 49.1 Å². The molecule has 1 aromatic heterocycles. The van der Waals surface area contributed by atoms with Gasteiger partial charge in [-0.2, -0.15) is 0 Å². The van der Waals surface area contributed by atoms with Gasteiger partial charge in [0.25, 0.3) is 0 Å².